The zero-order valence-corrected chi connectivity index (χ0v) is 8.60. The summed E-state index contributed by atoms with van der Waals surface area (Å²) in [4.78, 5) is 0. The molecule has 74 valence electrons. The molecule has 1 rings (SSSR count). The van der Waals surface area contributed by atoms with Crippen LogP contribution >= 0.6 is 0 Å². The van der Waals surface area contributed by atoms with Crippen molar-refractivity contribution >= 4 is 9.84 Å². The molecule has 1 heterocycles. The molecule has 0 aromatic heterocycles. The minimum atomic E-state index is -2.82. The predicted molar refractivity (Wildman–Crippen MR) is 53.1 cm³/mol. The summed E-state index contributed by atoms with van der Waals surface area (Å²) in [7, 11) is -2.82. The Morgan fingerprint density at radius 1 is 1.62 bits per heavy atom. The molecule has 2 unspecified atom stereocenters. The second-order valence-electron chi connectivity index (χ2n) is 3.51. The third kappa shape index (κ3) is 3.37. The van der Waals surface area contributed by atoms with Gasteiger partial charge in [-0.15, -0.1) is 6.42 Å². The summed E-state index contributed by atoms with van der Waals surface area (Å²) in [6, 6.07) is 0.00287. The average molecular weight is 201 g/mol. The summed E-state index contributed by atoms with van der Waals surface area (Å²) in [5.41, 5.74) is 0. The fraction of sp³-hybridized carbons (Fsp3) is 0.778. The van der Waals surface area contributed by atoms with Crippen molar-refractivity contribution in [3.8, 4) is 12.3 Å². The second kappa shape index (κ2) is 4.12. The normalized spacial score (nSPS) is 29.1. The van der Waals surface area contributed by atoms with Crippen LogP contribution in [0.1, 0.15) is 19.8 Å². The van der Waals surface area contributed by atoms with E-state index in [0.29, 0.717) is 5.75 Å². The van der Waals surface area contributed by atoms with Crippen molar-refractivity contribution in [2.45, 2.75) is 31.8 Å². The van der Waals surface area contributed by atoms with Gasteiger partial charge in [-0.1, -0.05) is 5.92 Å². The molecule has 0 saturated carbocycles. The number of hydrogen-bond acceptors (Lipinski definition) is 3. The summed E-state index contributed by atoms with van der Waals surface area (Å²) in [5.74, 6) is 3.10. The van der Waals surface area contributed by atoms with Gasteiger partial charge in [-0.05, 0) is 19.8 Å². The van der Waals surface area contributed by atoms with E-state index in [1.165, 1.54) is 0 Å². The van der Waals surface area contributed by atoms with Crippen molar-refractivity contribution in [3.63, 3.8) is 0 Å². The lowest BCUT2D eigenvalue weighted by atomic mass is 10.1. The lowest BCUT2D eigenvalue weighted by Gasteiger charge is -2.24. The Morgan fingerprint density at radius 2 is 2.31 bits per heavy atom. The summed E-state index contributed by atoms with van der Waals surface area (Å²) in [5, 5.41) is 3.11. The molecule has 0 aromatic carbocycles. The van der Waals surface area contributed by atoms with E-state index >= 15 is 0 Å². The summed E-state index contributed by atoms with van der Waals surface area (Å²) in [6.45, 7) is 1.86. The Bertz CT molecular complexity index is 302. The Balaban J connectivity index is 2.49. The Kier molecular flexibility index (Phi) is 3.34. The van der Waals surface area contributed by atoms with Crippen LogP contribution in [0.15, 0.2) is 0 Å². The van der Waals surface area contributed by atoms with Gasteiger partial charge in [0.15, 0.2) is 9.84 Å². The standard InChI is InChI=1S/C9H15NO2S/c1-3-8(2)10-9-5-4-6-13(11,12)7-9/h1,8-10H,4-7H2,2H3. The molecule has 0 amide bonds. The van der Waals surface area contributed by atoms with Gasteiger partial charge in [-0.2, -0.15) is 0 Å². The third-order valence-electron chi connectivity index (χ3n) is 2.20. The van der Waals surface area contributed by atoms with E-state index in [2.05, 4.69) is 11.2 Å². The minimum Gasteiger partial charge on any atom is -0.300 e. The van der Waals surface area contributed by atoms with E-state index in [0.717, 1.165) is 12.8 Å². The largest absolute Gasteiger partial charge is 0.300 e. The Hall–Kier alpha value is -0.530. The van der Waals surface area contributed by atoms with E-state index in [1.54, 1.807) is 0 Å². The van der Waals surface area contributed by atoms with Gasteiger partial charge in [0.1, 0.15) is 0 Å². The SMILES string of the molecule is C#CC(C)NC1CCCS(=O)(=O)C1. The molecule has 0 aliphatic carbocycles. The van der Waals surface area contributed by atoms with Gasteiger partial charge < -0.3 is 5.32 Å². The van der Waals surface area contributed by atoms with Gasteiger partial charge in [0.25, 0.3) is 0 Å². The minimum absolute atomic E-state index is 0.0432. The van der Waals surface area contributed by atoms with E-state index < -0.39 is 9.84 Å². The van der Waals surface area contributed by atoms with Crippen molar-refractivity contribution in [1.29, 1.82) is 0 Å². The van der Waals surface area contributed by atoms with E-state index in [9.17, 15) is 8.42 Å². The van der Waals surface area contributed by atoms with Crippen molar-refractivity contribution in [3.05, 3.63) is 0 Å². The number of sulfone groups is 1. The van der Waals surface area contributed by atoms with Crippen LogP contribution < -0.4 is 5.32 Å². The number of nitrogens with one attached hydrogen (secondary N) is 1. The first-order valence-electron chi connectivity index (χ1n) is 4.46. The van der Waals surface area contributed by atoms with Crippen molar-refractivity contribution < 1.29 is 8.42 Å². The highest BCUT2D eigenvalue weighted by atomic mass is 32.2. The summed E-state index contributed by atoms with van der Waals surface area (Å²) in [6.07, 6.45) is 6.85. The van der Waals surface area contributed by atoms with Gasteiger partial charge in [0.05, 0.1) is 17.5 Å². The summed E-state index contributed by atoms with van der Waals surface area (Å²) >= 11 is 0. The first-order valence-corrected chi connectivity index (χ1v) is 6.28. The van der Waals surface area contributed by atoms with Crippen LogP contribution in [0.25, 0.3) is 0 Å². The van der Waals surface area contributed by atoms with Crippen molar-refractivity contribution in [2.24, 2.45) is 0 Å². The topological polar surface area (TPSA) is 46.2 Å². The van der Waals surface area contributed by atoms with E-state index in [4.69, 9.17) is 6.42 Å². The maximum Gasteiger partial charge on any atom is 0.151 e. The molecule has 4 heteroatoms. The van der Waals surface area contributed by atoms with Gasteiger partial charge in [0, 0.05) is 6.04 Å². The smallest absolute Gasteiger partial charge is 0.151 e. The Morgan fingerprint density at radius 3 is 2.85 bits per heavy atom. The molecule has 3 nitrogen and oxygen atoms in total. The average Bonchev–Trinajstić information content (AvgIpc) is 2.02. The van der Waals surface area contributed by atoms with Crippen molar-refractivity contribution in [2.75, 3.05) is 11.5 Å². The monoisotopic (exact) mass is 201 g/mol. The van der Waals surface area contributed by atoms with Gasteiger partial charge >= 0.3 is 0 Å². The number of hydrogen-bond donors (Lipinski definition) is 1. The highest BCUT2D eigenvalue weighted by Gasteiger charge is 2.24. The van der Waals surface area contributed by atoms with E-state index in [1.807, 2.05) is 6.92 Å². The highest BCUT2D eigenvalue weighted by molar-refractivity contribution is 7.91. The number of terminal acetylenes is 1. The van der Waals surface area contributed by atoms with Crippen LogP contribution in [-0.4, -0.2) is 32.0 Å². The van der Waals surface area contributed by atoms with Gasteiger partial charge in [-0.25, -0.2) is 8.42 Å². The molecular weight excluding hydrogens is 186 g/mol. The quantitative estimate of drug-likeness (QED) is 0.648. The predicted octanol–water partition coefficient (Wildman–Crippen LogP) is 0.175. The number of rotatable bonds is 2. The highest BCUT2D eigenvalue weighted by Crippen LogP contribution is 2.12. The van der Waals surface area contributed by atoms with Crippen molar-refractivity contribution in [1.82, 2.24) is 5.32 Å². The van der Waals surface area contributed by atoms with Crippen LogP contribution in [0.4, 0.5) is 0 Å². The molecule has 1 saturated heterocycles. The molecular formula is C9H15NO2S. The molecule has 0 radical (unpaired) electrons. The lowest BCUT2D eigenvalue weighted by molar-refractivity contribution is 0.467. The maximum absolute atomic E-state index is 11.2. The summed E-state index contributed by atoms with van der Waals surface area (Å²) < 4.78 is 22.5. The molecule has 13 heavy (non-hydrogen) atoms. The first-order chi connectivity index (χ1) is 6.03. The molecule has 0 spiro atoms. The molecule has 1 N–H and O–H groups in total. The first kappa shape index (κ1) is 10.6. The van der Waals surface area contributed by atoms with Gasteiger partial charge in [-0.3, -0.25) is 0 Å². The van der Waals surface area contributed by atoms with E-state index in [-0.39, 0.29) is 17.8 Å². The molecule has 0 bridgehead atoms. The van der Waals surface area contributed by atoms with Crippen LogP contribution in [0, 0.1) is 12.3 Å². The van der Waals surface area contributed by atoms with Crippen LogP contribution in [-0.2, 0) is 9.84 Å². The van der Waals surface area contributed by atoms with Crippen LogP contribution in [0.2, 0.25) is 0 Å². The fourth-order valence-electron chi connectivity index (χ4n) is 1.56. The zero-order valence-electron chi connectivity index (χ0n) is 7.79. The molecule has 2 atom stereocenters. The third-order valence-corrected chi connectivity index (χ3v) is 4.02. The fourth-order valence-corrected chi connectivity index (χ4v) is 3.21. The molecule has 0 aromatic rings. The second-order valence-corrected chi connectivity index (χ2v) is 5.74. The lowest BCUT2D eigenvalue weighted by Crippen LogP contribution is -2.43. The maximum atomic E-state index is 11.2. The molecule has 1 aliphatic rings. The van der Waals surface area contributed by atoms with Crippen LogP contribution in [0.3, 0.4) is 0 Å². The zero-order chi connectivity index (χ0) is 9.90. The molecule has 1 fully saturated rings. The Labute approximate surface area is 79.8 Å². The van der Waals surface area contributed by atoms with Crippen LogP contribution in [0.5, 0.6) is 0 Å². The molecule has 1 aliphatic heterocycles. The van der Waals surface area contributed by atoms with Gasteiger partial charge in [0.2, 0.25) is 0 Å².